The zero-order valence-electron chi connectivity index (χ0n) is 26.8. The molecule has 45 heavy (non-hydrogen) atoms. The van der Waals surface area contributed by atoms with Crippen LogP contribution in [0.5, 0.6) is 0 Å². The first-order valence-electron chi connectivity index (χ1n) is 16.6. The van der Waals surface area contributed by atoms with Crippen molar-refractivity contribution in [2.75, 3.05) is 26.4 Å². The summed E-state index contributed by atoms with van der Waals surface area (Å²) >= 11 is 0. The fourth-order valence-corrected chi connectivity index (χ4v) is 5.48. The van der Waals surface area contributed by atoms with Gasteiger partial charge >= 0.3 is 5.97 Å². The molecule has 2 heterocycles. The summed E-state index contributed by atoms with van der Waals surface area (Å²) in [6, 6.07) is 0. The second kappa shape index (κ2) is 21.8. The van der Waals surface area contributed by atoms with Crippen molar-refractivity contribution < 1.29 is 69.3 Å². The van der Waals surface area contributed by atoms with Crippen molar-refractivity contribution in [1.82, 2.24) is 0 Å². The van der Waals surface area contributed by atoms with Crippen molar-refractivity contribution in [2.24, 2.45) is 5.92 Å². The Morgan fingerprint density at radius 2 is 1.27 bits per heavy atom. The molecule has 2 rings (SSSR count). The summed E-state index contributed by atoms with van der Waals surface area (Å²) < 4.78 is 26.7. The van der Waals surface area contributed by atoms with Gasteiger partial charge in [0.1, 0.15) is 48.8 Å². The zero-order valence-corrected chi connectivity index (χ0v) is 26.8. The van der Waals surface area contributed by atoms with Gasteiger partial charge < -0.3 is 64.5 Å². The Hall–Kier alpha value is -1.01. The van der Waals surface area contributed by atoms with Crippen molar-refractivity contribution in [3.63, 3.8) is 0 Å². The minimum Gasteiger partial charge on any atom is -0.479 e. The highest BCUT2D eigenvalue weighted by atomic mass is 16.7. The Labute approximate surface area is 266 Å². The lowest BCUT2D eigenvalue weighted by Crippen LogP contribution is -2.65. The van der Waals surface area contributed by atoms with Crippen LogP contribution in [0.2, 0.25) is 0 Å². The molecule has 2 aliphatic heterocycles. The van der Waals surface area contributed by atoms with E-state index in [0.29, 0.717) is 6.61 Å². The molecule has 0 aromatic carbocycles. The van der Waals surface area contributed by atoms with Crippen molar-refractivity contribution in [1.29, 1.82) is 0 Å². The maximum atomic E-state index is 11.9. The Kier molecular flexibility index (Phi) is 19.4. The number of ether oxygens (including phenoxy) is 5. The Morgan fingerprint density at radius 1 is 0.711 bits per heavy atom. The molecule has 11 atom stereocenters. The highest BCUT2D eigenvalue weighted by Crippen LogP contribution is 2.30. The third kappa shape index (κ3) is 13.9. The molecule has 14 nitrogen and oxygen atoms in total. The van der Waals surface area contributed by atoms with E-state index in [2.05, 4.69) is 13.8 Å². The highest BCUT2D eigenvalue weighted by Gasteiger charge is 2.53. The van der Waals surface area contributed by atoms with Gasteiger partial charge in [-0.25, -0.2) is 4.79 Å². The number of aliphatic hydroxyl groups excluding tert-OH is 7. The van der Waals surface area contributed by atoms with Crippen molar-refractivity contribution in [3.05, 3.63) is 0 Å². The second-order valence-corrected chi connectivity index (χ2v) is 12.7. The normalized spacial score (nSPS) is 33.0. The first-order chi connectivity index (χ1) is 21.5. The molecule has 0 bridgehead atoms. The average Bonchev–Trinajstić information content (AvgIpc) is 3.00. The van der Waals surface area contributed by atoms with Gasteiger partial charge in [-0.15, -0.1) is 0 Å². The first-order valence-corrected chi connectivity index (χ1v) is 16.6. The fourth-order valence-electron chi connectivity index (χ4n) is 5.48. The smallest absolute Gasteiger partial charge is 0.335 e. The van der Waals surface area contributed by atoms with Gasteiger partial charge in [0, 0.05) is 6.61 Å². The number of carboxylic acids is 1. The van der Waals surface area contributed by atoms with Gasteiger partial charge in [-0.2, -0.15) is 0 Å². The quantitative estimate of drug-likeness (QED) is 0.0700. The van der Waals surface area contributed by atoms with E-state index >= 15 is 0 Å². The predicted molar refractivity (Wildman–Crippen MR) is 160 cm³/mol. The van der Waals surface area contributed by atoms with Crippen molar-refractivity contribution in [2.45, 2.75) is 158 Å². The van der Waals surface area contributed by atoms with Gasteiger partial charge in [0.2, 0.25) is 0 Å². The minimum atomic E-state index is -1.91. The van der Waals surface area contributed by atoms with Crippen LogP contribution < -0.4 is 0 Å². The van der Waals surface area contributed by atoms with E-state index in [0.717, 1.165) is 25.2 Å². The Balaban J connectivity index is 1.61. The standard InChI is InChI=1S/C31H58O14/c1-19(2)14-12-10-8-6-4-3-5-7-9-11-13-15-41-17-20(33)18-42-30-26(38)24(36)27(28(45-30)29(39)40)44-31-25(37)23(35)22(34)21(16-32)43-31/h19-28,30-38H,3-18H2,1-2H3,(H,39,40)/t20-,21-,22-,23+,24-,25-,26-,27+,28+,30+,31-/m1/s1. The Morgan fingerprint density at radius 3 is 1.82 bits per heavy atom. The number of hydrogen-bond donors (Lipinski definition) is 8. The van der Waals surface area contributed by atoms with Crippen LogP contribution in [-0.4, -0.2) is 141 Å². The van der Waals surface area contributed by atoms with Gasteiger partial charge in [0.25, 0.3) is 0 Å². The number of rotatable bonds is 23. The van der Waals surface area contributed by atoms with Gasteiger partial charge in [0.05, 0.1) is 19.8 Å². The van der Waals surface area contributed by atoms with E-state index in [9.17, 15) is 45.6 Å². The summed E-state index contributed by atoms with van der Waals surface area (Å²) in [5.74, 6) is -0.796. The van der Waals surface area contributed by atoms with Gasteiger partial charge in [-0.1, -0.05) is 84.5 Å². The number of unbranched alkanes of at least 4 members (excludes halogenated alkanes) is 10. The lowest BCUT2D eigenvalue weighted by Gasteiger charge is -2.45. The van der Waals surface area contributed by atoms with E-state index in [1.807, 2.05) is 0 Å². The summed E-state index contributed by atoms with van der Waals surface area (Å²) in [6.07, 6.45) is -3.90. The molecule has 2 aliphatic rings. The first kappa shape index (κ1) is 40.2. The van der Waals surface area contributed by atoms with Crippen molar-refractivity contribution in [3.8, 4) is 0 Å². The number of aliphatic hydroxyl groups is 7. The molecular formula is C31H58O14. The lowest BCUT2D eigenvalue weighted by atomic mass is 9.97. The minimum absolute atomic E-state index is 0.0479. The van der Waals surface area contributed by atoms with E-state index in [-0.39, 0.29) is 13.2 Å². The largest absolute Gasteiger partial charge is 0.479 e. The van der Waals surface area contributed by atoms with E-state index < -0.39 is 80.1 Å². The maximum absolute atomic E-state index is 11.9. The van der Waals surface area contributed by atoms with Crippen LogP contribution in [0.4, 0.5) is 0 Å². The van der Waals surface area contributed by atoms with E-state index in [4.69, 9.17) is 23.7 Å². The third-order valence-corrected chi connectivity index (χ3v) is 8.26. The zero-order chi connectivity index (χ0) is 33.4. The van der Waals surface area contributed by atoms with Crippen LogP contribution in [0.1, 0.15) is 90.9 Å². The fraction of sp³-hybridized carbons (Fsp3) is 0.968. The summed E-state index contributed by atoms with van der Waals surface area (Å²) in [7, 11) is 0. The maximum Gasteiger partial charge on any atom is 0.335 e. The number of carboxylic acid groups (broad SMARTS) is 1. The molecule has 8 N–H and O–H groups in total. The van der Waals surface area contributed by atoms with Crippen LogP contribution >= 0.6 is 0 Å². The number of carbonyl (C=O) groups is 1. The van der Waals surface area contributed by atoms with Crippen LogP contribution in [0, 0.1) is 5.92 Å². The molecule has 2 fully saturated rings. The summed E-state index contributed by atoms with van der Waals surface area (Å²) in [6.45, 7) is 3.84. The molecule has 14 heteroatoms. The molecule has 0 amide bonds. The second-order valence-electron chi connectivity index (χ2n) is 12.7. The third-order valence-electron chi connectivity index (χ3n) is 8.26. The molecule has 0 aromatic rings. The Bertz CT molecular complexity index is 785. The van der Waals surface area contributed by atoms with Gasteiger partial charge in [-0.05, 0) is 12.3 Å². The SMILES string of the molecule is CC(C)CCCCCCCCCCCCCOC[C@@H](O)CO[C@H]1O[C@H](C(=O)O)[C@@H](O[C@H]2O[C@H](CO)[C@@H](O)[C@H](O)[C@H]2O)[C@H](O)[C@H]1O. The molecule has 2 saturated heterocycles. The molecule has 0 aromatic heterocycles. The predicted octanol–water partition coefficient (Wildman–Crippen LogP) is 0.434. The molecule has 266 valence electrons. The van der Waals surface area contributed by atoms with E-state index in [1.54, 1.807) is 0 Å². The average molecular weight is 655 g/mol. The molecule has 0 spiro atoms. The van der Waals surface area contributed by atoms with E-state index in [1.165, 1.54) is 57.8 Å². The highest BCUT2D eigenvalue weighted by molar-refractivity contribution is 5.73. The topological polar surface area (TPSA) is 225 Å². The van der Waals surface area contributed by atoms with Crippen LogP contribution in [0.3, 0.4) is 0 Å². The molecular weight excluding hydrogens is 596 g/mol. The van der Waals surface area contributed by atoms with Crippen LogP contribution in [0.25, 0.3) is 0 Å². The lowest BCUT2D eigenvalue weighted by molar-refractivity contribution is -0.355. The monoisotopic (exact) mass is 654 g/mol. The van der Waals surface area contributed by atoms with Crippen LogP contribution in [0.15, 0.2) is 0 Å². The van der Waals surface area contributed by atoms with Crippen molar-refractivity contribution >= 4 is 5.97 Å². The summed E-state index contributed by atoms with van der Waals surface area (Å²) in [5.41, 5.74) is 0. The molecule has 0 unspecified atom stereocenters. The van der Waals surface area contributed by atoms with Gasteiger partial charge in [-0.3, -0.25) is 0 Å². The molecule has 0 radical (unpaired) electrons. The number of hydrogen-bond acceptors (Lipinski definition) is 13. The summed E-state index contributed by atoms with van der Waals surface area (Å²) in [5, 5.41) is 80.4. The number of aliphatic carboxylic acids is 1. The van der Waals surface area contributed by atoms with Gasteiger partial charge in [0.15, 0.2) is 18.7 Å². The summed E-state index contributed by atoms with van der Waals surface area (Å²) in [4.78, 5) is 11.9. The van der Waals surface area contributed by atoms with Crippen LogP contribution in [-0.2, 0) is 28.5 Å². The molecule has 0 saturated carbocycles. The molecule has 0 aliphatic carbocycles.